The minimum atomic E-state index is 0.332. The smallest absolute Gasteiger partial charge is 0.0453 e. The summed E-state index contributed by atoms with van der Waals surface area (Å²) in [6, 6.07) is 12.7. The Balaban J connectivity index is 2.14. The summed E-state index contributed by atoms with van der Waals surface area (Å²) in [5.74, 6) is 0. The molecule has 0 aliphatic carbocycles. The normalized spacial score (nSPS) is 12.4. The number of hydrogen-bond acceptors (Lipinski definition) is 1. The van der Waals surface area contributed by atoms with E-state index >= 15 is 0 Å². The van der Waals surface area contributed by atoms with E-state index < -0.39 is 0 Å². The molecule has 17 heavy (non-hydrogen) atoms. The van der Waals surface area contributed by atoms with Gasteiger partial charge in [0.15, 0.2) is 0 Å². The molecule has 1 atom stereocenters. The molecule has 0 aliphatic rings. The maximum Gasteiger partial charge on any atom is 0.0453 e. The fourth-order valence-electron chi connectivity index (χ4n) is 1.85. The molecule has 0 aliphatic heterocycles. The molecule has 2 rings (SSSR count). The molecule has 0 spiro atoms. The van der Waals surface area contributed by atoms with E-state index in [1.165, 1.54) is 16.7 Å². The monoisotopic (exact) mass is 289 g/mol. The first-order chi connectivity index (χ1) is 8.16. The molecule has 0 bridgehead atoms. The van der Waals surface area contributed by atoms with Crippen LogP contribution in [0.15, 0.2) is 42.6 Å². The van der Waals surface area contributed by atoms with Crippen molar-refractivity contribution in [2.45, 2.75) is 25.1 Å². The van der Waals surface area contributed by atoms with Crippen molar-refractivity contribution in [1.29, 1.82) is 0 Å². The van der Waals surface area contributed by atoms with Crippen molar-refractivity contribution in [2.24, 2.45) is 0 Å². The Morgan fingerprint density at radius 3 is 2.53 bits per heavy atom. The van der Waals surface area contributed by atoms with Crippen molar-refractivity contribution in [3.05, 3.63) is 65.0 Å². The van der Waals surface area contributed by atoms with Crippen molar-refractivity contribution in [2.75, 3.05) is 0 Å². The molecule has 1 nitrogen and oxygen atoms in total. The number of halogens is 1. The van der Waals surface area contributed by atoms with Gasteiger partial charge in [0, 0.05) is 23.1 Å². The van der Waals surface area contributed by atoms with Gasteiger partial charge in [0.05, 0.1) is 0 Å². The van der Waals surface area contributed by atoms with E-state index in [-0.39, 0.29) is 0 Å². The van der Waals surface area contributed by atoms with E-state index in [1.807, 2.05) is 6.20 Å². The van der Waals surface area contributed by atoms with Gasteiger partial charge < -0.3 is 0 Å². The highest BCUT2D eigenvalue weighted by Crippen LogP contribution is 2.28. The van der Waals surface area contributed by atoms with E-state index in [2.05, 4.69) is 71.2 Å². The van der Waals surface area contributed by atoms with Crippen molar-refractivity contribution in [1.82, 2.24) is 4.98 Å². The summed E-state index contributed by atoms with van der Waals surface area (Å²) in [6.45, 7) is 4.20. The lowest BCUT2D eigenvalue weighted by Gasteiger charge is -2.12. The molecular formula is C15H16BrN. The van der Waals surface area contributed by atoms with Gasteiger partial charge in [-0.1, -0.05) is 46.3 Å². The maximum absolute atomic E-state index is 4.44. The summed E-state index contributed by atoms with van der Waals surface area (Å²) in [4.78, 5) is 4.78. The molecule has 0 fully saturated rings. The fraction of sp³-hybridized carbons (Fsp3) is 0.267. The van der Waals surface area contributed by atoms with Gasteiger partial charge in [0.25, 0.3) is 0 Å². The zero-order valence-corrected chi connectivity index (χ0v) is 11.7. The zero-order chi connectivity index (χ0) is 12.3. The summed E-state index contributed by atoms with van der Waals surface area (Å²) in [5.41, 5.74) is 4.99. The van der Waals surface area contributed by atoms with Gasteiger partial charge in [0.1, 0.15) is 0 Å². The molecule has 0 amide bonds. The van der Waals surface area contributed by atoms with Gasteiger partial charge in [0.2, 0.25) is 0 Å². The average Bonchev–Trinajstić information content (AvgIpc) is 2.32. The van der Waals surface area contributed by atoms with Crippen LogP contribution in [0.2, 0.25) is 0 Å². The number of benzene rings is 1. The van der Waals surface area contributed by atoms with E-state index in [4.69, 9.17) is 0 Å². The minimum Gasteiger partial charge on any atom is -0.261 e. The first-order valence-electron chi connectivity index (χ1n) is 5.78. The molecule has 1 heterocycles. The number of alkyl halides is 1. The SMILES string of the molecule is Cc1ccc(CC(Br)c2ccccc2C)nc1. The van der Waals surface area contributed by atoms with Crippen LogP contribution in [0.5, 0.6) is 0 Å². The summed E-state index contributed by atoms with van der Waals surface area (Å²) in [7, 11) is 0. The molecule has 0 saturated heterocycles. The topological polar surface area (TPSA) is 12.9 Å². The molecule has 1 aromatic heterocycles. The molecule has 2 heteroatoms. The number of hydrogen-bond donors (Lipinski definition) is 0. The number of nitrogens with zero attached hydrogens (tertiary/aromatic N) is 1. The van der Waals surface area contributed by atoms with Crippen molar-refractivity contribution in [3.8, 4) is 0 Å². The van der Waals surface area contributed by atoms with Crippen LogP contribution in [0, 0.1) is 13.8 Å². The van der Waals surface area contributed by atoms with Crippen molar-refractivity contribution in [3.63, 3.8) is 0 Å². The van der Waals surface area contributed by atoms with Crippen LogP contribution in [0.3, 0.4) is 0 Å². The molecule has 0 N–H and O–H groups in total. The summed E-state index contributed by atoms with van der Waals surface area (Å²) in [6.07, 6.45) is 2.85. The Morgan fingerprint density at radius 2 is 1.88 bits per heavy atom. The van der Waals surface area contributed by atoms with Crippen LogP contribution < -0.4 is 0 Å². The van der Waals surface area contributed by atoms with Gasteiger partial charge in [-0.25, -0.2) is 0 Å². The zero-order valence-electron chi connectivity index (χ0n) is 10.2. The molecule has 2 aromatic rings. The van der Waals surface area contributed by atoms with E-state index in [9.17, 15) is 0 Å². The van der Waals surface area contributed by atoms with Gasteiger partial charge in [-0.15, -0.1) is 0 Å². The second kappa shape index (κ2) is 5.46. The fourth-order valence-corrected chi connectivity index (χ4v) is 2.70. The standard InChI is InChI=1S/C15H16BrN/c1-11-7-8-13(17-10-11)9-15(16)14-6-4-3-5-12(14)2/h3-8,10,15H,9H2,1-2H3. The van der Waals surface area contributed by atoms with Gasteiger partial charge in [-0.2, -0.15) is 0 Å². The van der Waals surface area contributed by atoms with Crippen LogP contribution >= 0.6 is 15.9 Å². The minimum absolute atomic E-state index is 0.332. The second-order valence-electron chi connectivity index (χ2n) is 4.36. The lowest BCUT2D eigenvalue weighted by molar-refractivity contribution is 0.895. The second-order valence-corrected chi connectivity index (χ2v) is 5.46. The molecule has 0 radical (unpaired) electrons. The molecule has 0 saturated carbocycles. The number of aryl methyl sites for hydroxylation is 2. The van der Waals surface area contributed by atoms with Crippen LogP contribution in [0.25, 0.3) is 0 Å². The summed E-state index contributed by atoms with van der Waals surface area (Å²) < 4.78 is 0. The van der Waals surface area contributed by atoms with E-state index in [0.717, 1.165) is 12.1 Å². The highest BCUT2D eigenvalue weighted by molar-refractivity contribution is 9.09. The molecule has 1 aromatic carbocycles. The Morgan fingerprint density at radius 1 is 1.12 bits per heavy atom. The third-order valence-corrected chi connectivity index (χ3v) is 3.70. The lowest BCUT2D eigenvalue weighted by Crippen LogP contribution is -1.99. The highest BCUT2D eigenvalue weighted by Gasteiger charge is 2.11. The van der Waals surface area contributed by atoms with Gasteiger partial charge >= 0.3 is 0 Å². The third kappa shape index (κ3) is 3.16. The quantitative estimate of drug-likeness (QED) is 0.765. The number of rotatable bonds is 3. The average molecular weight is 290 g/mol. The van der Waals surface area contributed by atoms with Crippen LogP contribution in [0.1, 0.15) is 27.2 Å². The van der Waals surface area contributed by atoms with E-state index in [0.29, 0.717) is 4.83 Å². The van der Waals surface area contributed by atoms with Crippen LogP contribution in [-0.4, -0.2) is 4.98 Å². The van der Waals surface area contributed by atoms with Crippen molar-refractivity contribution < 1.29 is 0 Å². The van der Waals surface area contributed by atoms with Gasteiger partial charge in [-0.05, 0) is 36.6 Å². The predicted octanol–water partition coefficient (Wildman–Crippen LogP) is 4.38. The molecule has 88 valence electrons. The van der Waals surface area contributed by atoms with Crippen LogP contribution in [-0.2, 0) is 6.42 Å². The Labute approximate surface area is 111 Å². The Kier molecular flexibility index (Phi) is 3.95. The van der Waals surface area contributed by atoms with E-state index in [1.54, 1.807) is 0 Å². The molecular weight excluding hydrogens is 274 g/mol. The Hall–Kier alpha value is -1.15. The predicted molar refractivity (Wildman–Crippen MR) is 75.5 cm³/mol. The lowest BCUT2D eigenvalue weighted by atomic mass is 10.0. The summed E-state index contributed by atoms with van der Waals surface area (Å²) >= 11 is 3.75. The first kappa shape index (κ1) is 12.3. The highest BCUT2D eigenvalue weighted by atomic mass is 79.9. The molecule has 1 unspecified atom stereocenters. The maximum atomic E-state index is 4.44. The van der Waals surface area contributed by atoms with Gasteiger partial charge in [-0.3, -0.25) is 4.98 Å². The first-order valence-corrected chi connectivity index (χ1v) is 6.69. The summed E-state index contributed by atoms with van der Waals surface area (Å²) in [5, 5.41) is 0. The number of pyridine rings is 1. The largest absolute Gasteiger partial charge is 0.261 e. The number of aromatic nitrogens is 1. The third-order valence-electron chi connectivity index (χ3n) is 2.89. The van der Waals surface area contributed by atoms with Crippen LogP contribution in [0.4, 0.5) is 0 Å². The Bertz CT molecular complexity index is 491. The van der Waals surface area contributed by atoms with Crippen molar-refractivity contribution >= 4 is 15.9 Å².